The first-order chi connectivity index (χ1) is 10.6. The smallest absolute Gasteiger partial charge is 0.258 e. The molecule has 1 aromatic heterocycles. The van der Waals surface area contributed by atoms with Crippen LogP contribution in [-0.2, 0) is 0 Å². The normalized spacial score (nSPS) is 17.7. The maximum absolute atomic E-state index is 13.5. The van der Waals surface area contributed by atoms with Crippen LogP contribution < -0.4 is 0 Å². The Kier molecular flexibility index (Phi) is 3.98. The Labute approximate surface area is 132 Å². The summed E-state index contributed by atoms with van der Waals surface area (Å²) in [6.07, 6.45) is 5.02. The summed E-state index contributed by atoms with van der Waals surface area (Å²) < 4.78 is 13.5. The lowest BCUT2D eigenvalue weighted by Crippen LogP contribution is -2.30. The number of halogens is 2. The summed E-state index contributed by atoms with van der Waals surface area (Å²) in [6.45, 7) is 0.555. The Balaban J connectivity index is 1.95. The van der Waals surface area contributed by atoms with Crippen molar-refractivity contribution in [2.75, 3.05) is 6.54 Å². The van der Waals surface area contributed by atoms with Gasteiger partial charge in [0, 0.05) is 18.9 Å². The van der Waals surface area contributed by atoms with Crippen molar-refractivity contribution in [2.24, 2.45) is 0 Å². The van der Waals surface area contributed by atoms with Crippen LogP contribution in [0.25, 0.3) is 0 Å². The summed E-state index contributed by atoms with van der Waals surface area (Å²) in [4.78, 5) is 18.3. The van der Waals surface area contributed by atoms with E-state index in [1.807, 2.05) is 12.1 Å². The highest BCUT2D eigenvalue weighted by Gasteiger charge is 2.32. The first kappa shape index (κ1) is 14.8. The molecule has 22 heavy (non-hydrogen) atoms. The number of aromatic nitrogens is 1. The molecule has 3 rings (SSSR count). The topological polar surface area (TPSA) is 53.4 Å². The lowest BCUT2D eigenvalue weighted by molar-refractivity contribution is 0.0732. The second-order valence-electron chi connectivity index (χ2n) is 5.22. The van der Waals surface area contributed by atoms with Gasteiger partial charge in [0.2, 0.25) is 0 Å². The SMILES string of the molecule is O=C(c1cc(F)cc(Cl)c1O)N1CCC[C@H]1c1ccncc1. The number of likely N-dealkylation sites (tertiary alicyclic amines) is 1. The minimum atomic E-state index is -0.647. The van der Waals surface area contributed by atoms with Crippen molar-refractivity contribution in [3.63, 3.8) is 0 Å². The molecular weight excluding hydrogens is 307 g/mol. The first-order valence-electron chi connectivity index (χ1n) is 6.97. The number of pyridine rings is 1. The van der Waals surface area contributed by atoms with Crippen molar-refractivity contribution in [2.45, 2.75) is 18.9 Å². The van der Waals surface area contributed by atoms with E-state index in [1.54, 1.807) is 17.3 Å². The standard InChI is InChI=1S/C16H14ClFN2O2/c17-13-9-11(18)8-12(15(13)21)16(22)20-7-1-2-14(20)10-3-5-19-6-4-10/h3-6,8-9,14,21H,1-2,7H2/t14-/m0/s1. The molecule has 1 aromatic carbocycles. The molecule has 2 aromatic rings. The molecule has 0 aliphatic carbocycles. The zero-order valence-corrected chi connectivity index (χ0v) is 12.4. The molecule has 0 radical (unpaired) electrons. The third kappa shape index (κ3) is 2.64. The molecule has 1 aliphatic rings. The van der Waals surface area contributed by atoms with Gasteiger partial charge >= 0.3 is 0 Å². The first-order valence-corrected chi connectivity index (χ1v) is 7.34. The van der Waals surface area contributed by atoms with Gasteiger partial charge in [-0.1, -0.05) is 11.6 Å². The van der Waals surface area contributed by atoms with E-state index < -0.39 is 11.7 Å². The summed E-state index contributed by atoms with van der Waals surface area (Å²) in [6, 6.07) is 5.62. The van der Waals surface area contributed by atoms with Crippen molar-refractivity contribution in [1.29, 1.82) is 0 Å². The Morgan fingerprint density at radius 1 is 1.36 bits per heavy atom. The number of rotatable bonds is 2. The van der Waals surface area contributed by atoms with E-state index in [0.717, 1.165) is 30.5 Å². The molecular formula is C16H14ClFN2O2. The van der Waals surface area contributed by atoms with E-state index >= 15 is 0 Å². The van der Waals surface area contributed by atoms with Crippen molar-refractivity contribution in [3.05, 3.63) is 58.6 Å². The van der Waals surface area contributed by atoms with Crippen molar-refractivity contribution < 1.29 is 14.3 Å². The summed E-state index contributed by atoms with van der Waals surface area (Å²) in [5, 5.41) is 9.79. The van der Waals surface area contributed by atoms with Crippen LogP contribution in [0.15, 0.2) is 36.7 Å². The summed E-state index contributed by atoms with van der Waals surface area (Å²) >= 11 is 5.75. The molecule has 1 aliphatic heterocycles. The largest absolute Gasteiger partial charge is 0.506 e. The molecule has 6 heteroatoms. The van der Waals surface area contributed by atoms with Crippen LogP contribution in [0.2, 0.25) is 5.02 Å². The van der Waals surface area contributed by atoms with Crippen LogP contribution in [0.5, 0.6) is 5.75 Å². The number of phenols is 1. The highest BCUT2D eigenvalue weighted by atomic mass is 35.5. The Morgan fingerprint density at radius 3 is 2.82 bits per heavy atom. The molecule has 0 unspecified atom stereocenters. The minimum Gasteiger partial charge on any atom is -0.506 e. The van der Waals surface area contributed by atoms with Gasteiger partial charge in [-0.3, -0.25) is 9.78 Å². The highest BCUT2D eigenvalue weighted by Crippen LogP contribution is 2.36. The number of phenolic OH excluding ortho intramolecular Hbond substituents is 1. The summed E-state index contributed by atoms with van der Waals surface area (Å²) in [5.41, 5.74) is 0.869. The maximum atomic E-state index is 13.5. The van der Waals surface area contributed by atoms with Crippen LogP contribution in [0.3, 0.4) is 0 Å². The fourth-order valence-electron chi connectivity index (χ4n) is 2.83. The van der Waals surface area contributed by atoms with E-state index in [2.05, 4.69) is 4.98 Å². The van der Waals surface area contributed by atoms with Crippen LogP contribution >= 0.6 is 11.6 Å². The number of hydrogen-bond acceptors (Lipinski definition) is 3. The van der Waals surface area contributed by atoms with E-state index in [4.69, 9.17) is 11.6 Å². The molecule has 0 saturated carbocycles. The summed E-state index contributed by atoms with van der Waals surface area (Å²) in [7, 11) is 0. The Morgan fingerprint density at radius 2 is 2.09 bits per heavy atom. The number of amides is 1. The van der Waals surface area contributed by atoms with E-state index in [-0.39, 0.29) is 22.4 Å². The lowest BCUT2D eigenvalue weighted by atomic mass is 10.1. The monoisotopic (exact) mass is 320 g/mol. The minimum absolute atomic E-state index is 0.100. The van der Waals surface area contributed by atoms with Gasteiger partial charge in [0.05, 0.1) is 16.6 Å². The Hall–Kier alpha value is -2.14. The maximum Gasteiger partial charge on any atom is 0.258 e. The van der Waals surface area contributed by atoms with Gasteiger partial charge in [0.1, 0.15) is 11.6 Å². The lowest BCUT2D eigenvalue weighted by Gasteiger charge is -2.25. The van der Waals surface area contributed by atoms with Crippen LogP contribution in [0.1, 0.15) is 34.8 Å². The van der Waals surface area contributed by atoms with Gasteiger partial charge in [0.25, 0.3) is 5.91 Å². The van der Waals surface area contributed by atoms with Crippen molar-refractivity contribution in [1.82, 2.24) is 9.88 Å². The summed E-state index contributed by atoms with van der Waals surface area (Å²) in [5.74, 6) is -1.45. The average Bonchev–Trinajstić information content (AvgIpc) is 3.00. The third-order valence-corrected chi connectivity index (χ3v) is 4.15. The third-order valence-electron chi connectivity index (χ3n) is 3.86. The zero-order chi connectivity index (χ0) is 15.7. The second-order valence-corrected chi connectivity index (χ2v) is 5.63. The van der Waals surface area contributed by atoms with Gasteiger partial charge in [-0.2, -0.15) is 0 Å². The molecule has 1 atom stereocenters. The van der Waals surface area contributed by atoms with Crippen molar-refractivity contribution in [3.8, 4) is 5.75 Å². The molecule has 4 nitrogen and oxygen atoms in total. The predicted octanol–water partition coefficient (Wildman–Crippen LogP) is 3.56. The number of carbonyl (C=O) groups is 1. The van der Waals surface area contributed by atoms with Crippen LogP contribution in [-0.4, -0.2) is 27.4 Å². The zero-order valence-electron chi connectivity index (χ0n) is 11.7. The van der Waals surface area contributed by atoms with E-state index in [1.165, 1.54) is 0 Å². The second kappa shape index (κ2) is 5.93. The van der Waals surface area contributed by atoms with Crippen LogP contribution in [0, 0.1) is 5.82 Å². The Bertz CT molecular complexity index is 709. The van der Waals surface area contributed by atoms with Crippen molar-refractivity contribution >= 4 is 17.5 Å². The van der Waals surface area contributed by atoms with Gasteiger partial charge < -0.3 is 10.0 Å². The number of aromatic hydroxyl groups is 1. The number of carbonyl (C=O) groups excluding carboxylic acids is 1. The fraction of sp³-hybridized carbons (Fsp3) is 0.250. The number of nitrogens with zero attached hydrogens (tertiary/aromatic N) is 2. The highest BCUT2D eigenvalue weighted by molar-refractivity contribution is 6.32. The molecule has 114 valence electrons. The molecule has 2 heterocycles. The number of benzene rings is 1. The molecule has 1 N–H and O–H groups in total. The molecule has 1 fully saturated rings. The van der Waals surface area contributed by atoms with E-state index in [0.29, 0.717) is 6.54 Å². The van der Waals surface area contributed by atoms with Gasteiger partial charge in [-0.15, -0.1) is 0 Å². The molecule has 0 spiro atoms. The fourth-order valence-corrected chi connectivity index (χ4v) is 3.03. The quantitative estimate of drug-likeness (QED) is 0.920. The van der Waals surface area contributed by atoms with Gasteiger partial charge in [-0.25, -0.2) is 4.39 Å². The molecule has 1 amide bonds. The van der Waals surface area contributed by atoms with Gasteiger partial charge in [0.15, 0.2) is 0 Å². The van der Waals surface area contributed by atoms with Gasteiger partial charge in [-0.05, 0) is 42.7 Å². The molecule has 0 bridgehead atoms. The van der Waals surface area contributed by atoms with E-state index in [9.17, 15) is 14.3 Å². The van der Waals surface area contributed by atoms with Crippen LogP contribution in [0.4, 0.5) is 4.39 Å². The number of hydrogen-bond donors (Lipinski definition) is 1. The average molecular weight is 321 g/mol. The predicted molar refractivity (Wildman–Crippen MR) is 80.3 cm³/mol. The molecule has 1 saturated heterocycles.